The molecule has 0 saturated heterocycles. The molecule has 25 heavy (non-hydrogen) atoms. The summed E-state index contributed by atoms with van der Waals surface area (Å²) < 4.78 is 27.7. The van der Waals surface area contributed by atoms with Gasteiger partial charge in [-0.2, -0.15) is 0 Å². The number of sulfonamides is 1. The molecule has 0 atom stereocenters. The van der Waals surface area contributed by atoms with Crippen LogP contribution in [0.2, 0.25) is 5.02 Å². The van der Waals surface area contributed by atoms with Crippen molar-refractivity contribution in [3.63, 3.8) is 0 Å². The number of nitrogens with zero attached hydrogens (tertiary/aromatic N) is 1. The van der Waals surface area contributed by atoms with Crippen molar-refractivity contribution in [3.05, 3.63) is 76.9 Å². The van der Waals surface area contributed by atoms with Gasteiger partial charge in [0.1, 0.15) is 5.82 Å². The highest BCUT2D eigenvalue weighted by molar-refractivity contribution is 7.92. The molecule has 0 unspecified atom stereocenters. The molecule has 0 bridgehead atoms. The number of halogens is 1. The van der Waals surface area contributed by atoms with E-state index in [2.05, 4.69) is 9.71 Å². The fourth-order valence-corrected chi connectivity index (χ4v) is 3.77. The molecule has 3 rings (SSSR count). The Morgan fingerprint density at radius 3 is 2.32 bits per heavy atom. The Bertz CT molecular complexity index is 1020. The van der Waals surface area contributed by atoms with Gasteiger partial charge in [-0.25, -0.2) is 13.4 Å². The Morgan fingerprint density at radius 2 is 1.68 bits per heavy atom. The molecule has 3 aromatic rings. The summed E-state index contributed by atoms with van der Waals surface area (Å²) >= 11 is 5.92. The van der Waals surface area contributed by atoms with Crippen LogP contribution in [-0.4, -0.2) is 13.4 Å². The van der Waals surface area contributed by atoms with E-state index in [1.807, 2.05) is 44.2 Å². The molecule has 2 aromatic carbocycles. The minimum atomic E-state index is -3.69. The highest BCUT2D eigenvalue weighted by Gasteiger charge is 2.16. The number of hydrogen-bond acceptors (Lipinski definition) is 3. The van der Waals surface area contributed by atoms with Gasteiger partial charge in [0.2, 0.25) is 0 Å². The number of aryl methyl sites for hydroxylation is 2. The Morgan fingerprint density at radius 1 is 0.960 bits per heavy atom. The van der Waals surface area contributed by atoms with Gasteiger partial charge in [-0.05, 0) is 66.9 Å². The third-order valence-corrected chi connectivity index (χ3v) is 5.40. The first kappa shape index (κ1) is 17.5. The number of rotatable bonds is 4. The maximum atomic E-state index is 12.6. The first-order valence-electron chi connectivity index (χ1n) is 7.68. The van der Waals surface area contributed by atoms with E-state index in [9.17, 15) is 8.42 Å². The lowest BCUT2D eigenvalue weighted by molar-refractivity contribution is 0.601. The van der Waals surface area contributed by atoms with Crippen LogP contribution in [-0.2, 0) is 10.0 Å². The second-order valence-corrected chi connectivity index (χ2v) is 7.87. The van der Waals surface area contributed by atoms with Gasteiger partial charge in [0.25, 0.3) is 10.0 Å². The second kappa shape index (κ2) is 6.86. The van der Waals surface area contributed by atoms with Crippen molar-refractivity contribution < 1.29 is 8.42 Å². The van der Waals surface area contributed by atoms with Gasteiger partial charge in [0.05, 0.1) is 4.90 Å². The maximum Gasteiger partial charge on any atom is 0.263 e. The van der Waals surface area contributed by atoms with Crippen LogP contribution in [0.1, 0.15) is 11.3 Å². The maximum absolute atomic E-state index is 12.6. The molecule has 1 heterocycles. The van der Waals surface area contributed by atoms with Crippen LogP contribution in [0, 0.1) is 13.8 Å². The summed E-state index contributed by atoms with van der Waals surface area (Å²) in [5.41, 5.74) is 3.56. The lowest BCUT2D eigenvalue weighted by atomic mass is 10.0. The van der Waals surface area contributed by atoms with Gasteiger partial charge in [0, 0.05) is 10.7 Å². The summed E-state index contributed by atoms with van der Waals surface area (Å²) in [6, 6.07) is 17.7. The third kappa shape index (κ3) is 4.00. The molecule has 1 N–H and O–H groups in total. The molecule has 1 aromatic heterocycles. The van der Waals surface area contributed by atoms with Crippen LogP contribution in [0.4, 0.5) is 5.82 Å². The van der Waals surface area contributed by atoms with E-state index in [1.54, 1.807) is 30.3 Å². The molecule has 6 heteroatoms. The lowest BCUT2D eigenvalue weighted by Crippen LogP contribution is -2.14. The summed E-state index contributed by atoms with van der Waals surface area (Å²) in [4.78, 5) is 4.38. The van der Waals surface area contributed by atoms with Gasteiger partial charge < -0.3 is 0 Å². The topological polar surface area (TPSA) is 59.1 Å². The highest BCUT2D eigenvalue weighted by atomic mass is 35.5. The summed E-state index contributed by atoms with van der Waals surface area (Å²) in [5, 5.41) is 0.662. The molecule has 4 nitrogen and oxygen atoms in total. The van der Waals surface area contributed by atoms with Gasteiger partial charge in [-0.3, -0.25) is 4.72 Å². The number of pyridine rings is 1. The summed E-state index contributed by atoms with van der Waals surface area (Å²) in [6.07, 6.45) is 0. The Hall–Kier alpha value is -2.37. The molecule has 0 aliphatic carbocycles. The van der Waals surface area contributed by atoms with E-state index < -0.39 is 10.0 Å². The molecule has 0 fully saturated rings. The monoisotopic (exact) mass is 372 g/mol. The normalized spacial score (nSPS) is 11.3. The smallest absolute Gasteiger partial charge is 0.263 e. The Balaban J connectivity index is 1.92. The fraction of sp³-hybridized carbons (Fsp3) is 0.105. The third-order valence-electron chi connectivity index (χ3n) is 3.79. The van der Waals surface area contributed by atoms with E-state index >= 15 is 0 Å². The van der Waals surface area contributed by atoms with E-state index in [0.717, 1.165) is 22.4 Å². The predicted molar refractivity (Wildman–Crippen MR) is 101 cm³/mol. The van der Waals surface area contributed by atoms with Crippen LogP contribution in [0.15, 0.2) is 65.6 Å². The molecule has 0 spiro atoms. The number of benzene rings is 2. The van der Waals surface area contributed by atoms with Crippen molar-refractivity contribution in [1.29, 1.82) is 0 Å². The average Bonchev–Trinajstić information content (AvgIpc) is 2.55. The van der Waals surface area contributed by atoms with Crippen LogP contribution in [0.25, 0.3) is 11.1 Å². The zero-order chi connectivity index (χ0) is 18.0. The number of aromatic nitrogens is 1. The average molecular weight is 373 g/mol. The van der Waals surface area contributed by atoms with Crippen molar-refractivity contribution in [3.8, 4) is 11.1 Å². The standard InChI is InChI=1S/C19H17ClN2O2S/c1-13-12-17(10-11-18(13)15-6-8-16(20)9-7-15)25(23,24)22-19-5-3-4-14(2)21-19/h3-12H,1-2H3,(H,21,22). The molecule has 0 saturated carbocycles. The number of anilines is 1. The molecule has 0 aliphatic rings. The second-order valence-electron chi connectivity index (χ2n) is 5.75. The SMILES string of the molecule is Cc1cccc(NS(=O)(=O)c2ccc(-c3ccc(Cl)cc3)c(C)c2)n1. The van der Waals surface area contributed by atoms with Crippen LogP contribution in [0.3, 0.4) is 0 Å². The summed E-state index contributed by atoms with van der Waals surface area (Å²) in [5.74, 6) is 0.305. The predicted octanol–water partition coefficient (Wildman–Crippen LogP) is 4.82. The van der Waals surface area contributed by atoms with E-state index in [4.69, 9.17) is 11.6 Å². The minimum Gasteiger partial charge on any atom is -0.263 e. The molecule has 0 aliphatic heterocycles. The van der Waals surface area contributed by atoms with Crippen molar-refractivity contribution in [1.82, 2.24) is 4.98 Å². The summed E-state index contributed by atoms with van der Waals surface area (Å²) in [7, 11) is -3.69. The van der Waals surface area contributed by atoms with Crippen LogP contribution in [0.5, 0.6) is 0 Å². The Kier molecular flexibility index (Phi) is 4.79. The number of hydrogen-bond donors (Lipinski definition) is 1. The van der Waals surface area contributed by atoms with Crippen molar-refractivity contribution in [2.24, 2.45) is 0 Å². The van der Waals surface area contributed by atoms with Gasteiger partial charge in [0.15, 0.2) is 0 Å². The number of nitrogens with one attached hydrogen (secondary N) is 1. The zero-order valence-corrected chi connectivity index (χ0v) is 15.4. The van der Waals surface area contributed by atoms with Crippen molar-refractivity contribution >= 4 is 27.4 Å². The van der Waals surface area contributed by atoms with Crippen LogP contribution < -0.4 is 4.72 Å². The van der Waals surface area contributed by atoms with Gasteiger partial charge in [-0.15, -0.1) is 0 Å². The quantitative estimate of drug-likeness (QED) is 0.714. The van der Waals surface area contributed by atoms with E-state index in [0.29, 0.717) is 10.8 Å². The van der Waals surface area contributed by atoms with Crippen molar-refractivity contribution in [2.75, 3.05) is 4.72 Å². The van der Waals surface area contributed by atoms with E-state index in [1.165, 1.54) is 0 Å². The molecule has 0 radical (unpaired) electrons. The first-order chi connectivity index (χ1) is 11.8. The fourth-order valence-electron chi connectivity index (χ4n) is 2.55. The van der Waals surface area contributed by atoms with E-state index in [-0.39, 0.29) is 4.90 Å². The molecule has 128 valence electrons. The lowest BCUT2D eigenvalue weighted by Gasteiger charge is -2.11. The molecular formula is C19H17ClN2O2S. The Labute approximate surface area is 152 Å². The largest absolute Gasteiger partial charge is 0.263 e. The van der Waals surface area contributed by atoms with Crippen LogP contribution >= 0.6 is 11.6 Å². The highest BCUT2D eigenvalue weighted by Crippen LogP contribution is 2.27. The van der Waals surface area contributed by atoms with Crippen molar-refractivity contribution in [2.45, 2.75) is 18.7 Å². The minimum absolute atomic E-state index is 0.200. The summed E-state index contributed by atoms with van der Waals surface area (Å²) in [6.45, 7) is 3.69. The molecular weight excluding hydrogens is 356 g/mol. The first-order valence-corrected chi connectivity index (χ1v) is 9.54. The van der Waals surface area contributed by atoms with Gasteiger partial charge in [-0.1, -0.05) is 35.9 Å². The molecule has 0 amide bonds. The zero-order valence-electron chi connectivity index (χ0n) is 13.8. The van der Waals surface area contributed by atoms with Gasteiger partial charge >= 0.3 is 0 Å².